The Morgan fingerprint density at radius 1 is 0.481 bits per heavy atom. The molecule has 0 bridgehead atoms. The molecular formula is C18H33N6O3+3. The molecule has 0 N–H and O–H groups in total. The molecule has 1 aromatic rings. The second-order valence-electron chi connectivity index (χ2n) is 8.60. The van der Waals surface area contributed by atoms with Gasteiger partial charge in [0.1, 0.15) is 39.3 Å². The van der Waals surface area contributed by atoms with Crippen molar-refractivity contribution >= 4 is 17.8 Å². The second kappa shape index (κ2) is 7.31. The highest BCUT2D eigenvalue weighted by Gasteiger charge is 2.42. The predicted octanol–water partition coefficient (Wildman–Crippen LogP) is -0.226. The van der Waals surface area contributed by atoms with Gasteiger partial charge in [0.15, 0.2) is 0 Å². The molecule has 9 nitrogen and oxygen atoms in total. The van der Waals surface area contributed by atoms with Crippen molar-refractivity contribution < 1.29 is 14.2 Å². The summed E-state index contributed by atoms with van der Waals surface area (Å²) in [5.41, 5.74) is 0. The van der Waals surface area contributed by atoms with E-state index in [1.54, 1.807) is 0 Å². The summed E-state index contributed by atoms with van der Waals surface area (Å²) in [7, 11) is 6.64. The highest BCUT2D eigenvalue weighted by atomic mass is 16.5. The zero-order valence-electron chi connectivity index (χ0n) is 16.9. The number of quaternary nitrogens is 3. The topological polar surface area (TPSA) is 66.4 Å². The lowest BCUT2D eigenvalue weighted by Crippen LogP contribution is -2.58. The van der Waals surface area contributed by atoms with Gasteiger partial charge in [0.25, 0.3) is 0 Å². The molecule has 0 amide bonds. The number of hydrogen-bond donors (Lipinski definition) is 0. The van der Waals surface area contributed by atoms with E-state index in [-0.39, 0.29) is 0 Å². The van der Waals surface area contributed by atoms with Crippen LogP contribution in [0.15, 0.2) is 0 Å². The van der Waals surface area contributed by atoms with E-state index >= 15 is 0 Å². The van der Waals surface area contributed by atoms with E-state index in [9.17, 15) is 0 Å². The molecule has 0 unspecified atom stereocenters. The summed E-state index contributed by atoms with van der Waals surface area (Å²) in [5, 5.41) is 0. The van der Waals surface area contributed by atoms with E-state index in [1.807, 2.05) is 0 Å². The first-order valence-electron chi connectivity index (χ1n) is 9.98. The molecule has 9 heteroatoms. The molecule has 0 atom stereocenters. The maximum absolute atomic E-state index is 5.59. The smallest absolute Gasteiger partial charge is 0.341 e. The van der Waals surface area contributed by atoms with Crippen molar-refractivity contribution in [2.45, 2.75) is 0 Å². The third-order valence-corrected chi connectivity index (χ3v) is 6.42. The van der Waals surface area contributed by atoms with Crippen molar-refractivity contribution in [2.75, 3.05) is 100 Å². The monoisotopic (exact) mass is 381 g/mol. The van der Waals surface area contributed by atoms with Crippen molar-refractivity contribution in [3.63, 3.8) is 0 Å². The van der Waals surface area contributed by atoms with Gasteiger partial charge in [-0.3, -0.25) is 13.4 Å². The standard InChI is InChI=1S/C18H33N6O3/c1-22(4-10-25-11-5-22)16-19-17(23(2)6-12-26-13-7-23)21-18(20-16)24(3)8-14-27-15-9-24/h4-15H2,1-3H3/q+3. The Bertz CT molecular complexity index is 564. The number of hydrogen-bond acceptors (Lipinski definition) is 6. The van der Waals surface area contributed by atoms with Gasteiger partial charge in [0, 0.05) is 0 Å². The van der Waals surface area contributed by atoms with Gasteiger partial charge in [-0.15, -0.1) is 15.0 Å². The van der Waals surface area contributed by atoms with Crippen molar-refractivity contribution in [1.82, 2.24) is 28.4 Å². The van der Waals surface area contributed by atoms with E-state index in [2.05, 4.69) is 21.1 Å². The summed E-state index contributed by atoms with van der Waals surface area (Å²) in [5.74, 6) is 2.61. The van der Waals surface area contributed by atoms with Crippen molar-refractivity contribution in [3.05, 3.63) is 0 Å². The molecule has 0 spiro atoms. The van der Waals surface area contributed by atoms with Crippen LogP contribution in [-0.4, -0.2) is 115 Å². The molecule has 0 saturated carbocycles. The minimum Gasteiger partial charge on any atom is -0.370 e. The molecule has 3 saturated heterocycles. The van der Waals surface area contributed by atoms with Crippen LogP contribution in [-0.2, 0) is 14.2 Å². The van der Waals surface area contributed by atoms with Gasteiger partial charge in [-0.2, -0.15) is 0 Å². The highest BCUT2D eigenvalue weighted by Crippen LogP contribution is 2.29. The lowest BCUT2D eigenvalue weighted by Gasteiger charge is -2.39. The first kappa shape index (κ1) is 19.1. The number of morpholine rings is 3. The molecule has 3 aliphatic heterocycles. The summed E-state index contributed by atoms with van der Waals surface area (Å²) in [6.45, 7) is 9.81. The molecule has 3 aliphatic rings. The Morgan fingerprint density at radius 3 is 0.926 bits per heavy atom. The molecule has 150 valence electrons. The minimum absolute atomic E-state index is 0.704. The zero-order chi connectivity index (χ0) is 19.0. The number of nitrogens with zero attached hydrogens (tertiary/aromatic N) is 6. The molecule has 0 aliphatic carbocycles. The van der Waals surface area contributed by atoms with E-state index in [0.29, 0.717) is 13.4 Å². The van der Waals surface area contributed by atoms with Crippen molar-refractivity contribution in [1.29, 1.82) is 0 Å². The Kier molecular flexibility index (Phi) is 5.17. The van der Waals surface area contributed by atoms with Crippen LogP contribution >= 0.6 is 0 Å². The molecular weight excluding hydrogens is 348 g/mol. The van der Waals surface area contributed by atoms with E-state index in [1.165, 1.54) is 0 Å². The van der Waals surface area contributed by atoms with Gasteiger partial charge in [-0.25, -0.2) is 0 Å². The molecule has 4 rings (SSSR count). The molecule has 27 heavy (non-hydrogen) atoms. The Balaban J connectivity index is 1.78. The maximum Gasteiger partial charge on any atom is 0.341 e. The molecule has 0 radical (unpaired) electrons. The second-order valence-corrected chi connectivity index (χ2v) is 8.60. The van der Waals surface area contributed by atoms with E-state index in [0.717, 1.165) is 96.8 Å². The third-order valence-electron chi connectivity index (χ3n) is 6.42. The summed E-state index contributed by atoms with van der Waals surface area (Å²) in [6.07, 6.45) is 0. The number of likely N-dealkylation sites (N-methyl/N-ethyl adjacent to an activating group) is 3. The average Bonchev–Trinajstić information content (AvgIpc) is 2.69. The van der Waals surface area contributed by atoms with Crippen molar-refractivity contribution in [2.24, 2.45) is 0 Å². The maximum atomic E-state index is 5.59. The summed E-state index contributed by atoms with van der Waals surface area (Å²) in [4.78, 5) is 15.1. The first-order valence-corrected chi connectivity index (χ1v) is 9.98. The predicted molar refractivity (Wildman–Crippen MR) is 105 cm³/mol. The fourth-order valence-corrected chi connectivity index (χ4v) is 3.91. The lowest BCUT2D eigenvalue weighted by molar-refractivity contribution is 0.0411. The van der Waals surface area contributed by atoms with Crippen LogP contribution in [0.25, 0.3) is 0 Å². The van der Waals surface area contributed by atoms with Crippen LogP contribution in [0.5, 0.6) is 0 Å². The van der Waals surface area contributed by atoms with Crippen molar-refractivity contribution in [3.8, 4) is 0 Å². The van der Waals surface area contributed by atoms with Crippen LogP contribution in [0.1, 0.15) is 0 Å². The van der Waals surface area contributed by atoms with E-state index in [4.69, 9.17) is 29.2 Å². The summed E-state index contributed by atoms with van der Waals surface area (Å²) in [6, 6.07) is 0. The third kappa shape index (κ3) is 3.72. The number of aromatic nitrogens is 3. The van der Waals surface area contributed by atoms with Crippen LogP contribution in [0.3, 0.4) is 0 Å². The number of rotatable bonds is 3. The summed E-state index contributed by atoms with van der Waals surface area (Å²) < 4.78 is 18.9. The zero-order valence-corrected chi connectivity index (χ0v) is 16.9. The van der Waals surface area contributed by atoms with Crippen LogP contribution < -0.4 is 13.4 Å². The minimum atomic E-state index is 0.704. The van der Waals surface area contributed by atoms with E-state index < -0.39 is 0 Å². The Morgan fingerprint density at radius 2 is 0.704 bits per heavy atom. The summed E-state index contributed by atoms with van der Waals surface area (Å²) >= 11 is 0. The highest BCUT2D eigenvalue weighted by molar-refractivity contribution is 5.42. The van der Waals surface area contributed by atoms with Gasteiger partial charge >= 0.3 is 17.8 Å². The SMILES string of the molecule is C[N+]1(c2nc([N+]3(C)CCOCC3)nc([N+]3(C)CCOCC3)n2)CCOCC1. The Labute approximate surface area is 161 Å². The fraction of sp³-hybridized carbons (Fsp3) is 0.833. The van der Waals surface area contributed by atoms with Gasteiger partial charge < -0.3 is 14.2 Å². The molecule has 0 aromatic carbocycles. The molecule has 1 aromatic heterocycles. The molecule has 4 heterocycles. The van der Waals surface area contributed by atoms with Crippen LogP contribution in [0.4, 0.5) is 17.8 Å². The normalized spacial score (nSPS) is 27.2. The fourth-order valence-electron chi connectivity index (χ4n) is 3.91. The van der Waals surface area contributed by atoms with Crippen LogP contribution in [0, 0.1) is 0 Å². The van der Waals surface area contributed by atoms with Gasteiger partial charge in [0.2, 0.25) is 0 Å². The molecule has 3 fully saturated rings. The lowest BCUT2D eigenvalue weighted by atomic mass is 10.3. The van der Waals surface area contributed by atoms with Gasteiger partial charge in [-0.1, -0.05) is 0 Å². The van der Waals surface area contributed by atoms with Gasteiger partial charge in [0.05, 0.1) is 60.8 Å². The number of ether oxygens (including phenoxy) is 3. The quantitative estimate of drug-likeness (QED) is 0.674. The first-order chi connectivity index (χ1) is 12.9. The Hall–Kier alpha value is -1.23. The van der Waals surface area contributed by atoms with Gasteiger partial charge in [-0.05, 0) is 0 Å². The average molecular weight is 382 g/mol. The van der Waals surface area contributed by atoms with Crippen LogP contribution in [0.2, 0.25) is 0 Å². The largest absolute Gasteiger partial charge is 0.370 e.